The number of hydrogen-bond donors (Lipinski definition) is 0. The quantitative estimate of drug-likeness (QED) is 0.724. The Morgan fingerprint density at radius 1 is 0.750 bits per heavy atom. The largest absolute Gasteiger partial charge is 0.270 e. The minimum absolute atomic E-state index is 0.0405. The van der Waals surface area contributed by atoms with Gasteiger partial charge in [0.2, 0.25) is 0 Å². The fraction of sp³-hybridized carbons (Fsp3) is 0.619. The van der Waals surface area contributed by atoms with Crippen LogP contribution in [0.15, 0.2) is 21.7 Å². The zero-order valence-electron chi connectivity index (χ0n) is 18.4. The summed E-state index contributed by atoms with van der Waals surface area (Å²) in [6, 6.07) is 3.69. The first kappa shape index (κ1) is 24.1. The normalized spacial score (nSPS) is 11.4. The van der Waals surface area contributed by atoms with Gasteiger partial charge in [-0.15, -0.1) is 0 Å². The number of halogens is 1. The van der Waals surface area contributed by atoms with E-state index in [9.17, 15) is 9.59 Å². The van der Waals surface area contributed by atoms with E-state index in [1.165, 1.54) is 4.68 Å². The third-order valence-corrected chi connectivity index (χ3v) is 4.42. The van der Waals surface area contributed by atoms with Crippen LogP contribution in [0.5, 0.6) is 0 Å². The van der Waals surface area contributed by atoms with Gasteiger partial charge in [0, 0.05) is 11.1 Å². The molecule has 0 fully saturated rings. The number of aromatic nitrogens is 4. The fourth-order valence-electron chi connectivity index (χ4n) is 2.69. The Kier molecular flexibility index (Phi) is 8.61. The molecule has 2 heterocycles. The predicted octanol–water partition coefficient (Wildman–Crippen LogP) is 4.86. The van der Waals surface area contributed by atoms with Crippen LogP contribution in [0, 0.1) is 6.92 Å². The SMILES string of the molecule is CC(C)c1cc(Cl)nn(C(C)C)c1=O.Cc1cc(C(C)C)c(=O)n(C(C)C)n1. The highest BCUT2D eigenvalue weighted by Crippen LogP contribution is 2.14. The van der Waals surface area contributed by atoms with Crippen LogP contribution in [-0.2, 0) is 0 Å². The van der Waals surface area contributed by atoms with Crippen molar-refractivity contribution in [3.63, 3.8) is 0 Å². The van der Waals surface area contributed by atoms with E-state index < -0.39 is 0 Å². The van der Waals surface area contributed by atoms with Gasteiger partial charge >= 0.3 is 0 Å². The maximum atomic E-state index is 11.9. The molecule has 0 amide bonds. The molecule has 0 aliphatic rings. The summed E-state index contributed by atoms with van der Waals surface area (Å²) >= 11 is 5.84. The van der Waals surface area contributed by atoms with Crippen LogP contribution < -0.4 is 11.1 Å². The maximum Gasteiger partial charge on any atom is 0.270 e. The molecular formula is C21H33ClN4O2. The summed E-state index contributed by atoms with van der Waals surface area (Å²) in [5.41, 5.74) is 2.48. The van der Waals surface area contributed by atoms with Crippen molar-refractivity contribution >= 4 is 11.6 Å². The van der Waals surface area contributed by atoms with Gasteiger partial charge in [-0.2, -0.15) is 10.2 Å². The zero-order chi connectivity index (χ0) is 21.8. The first-order chi connectivity index (χ1) is 12.9. The van der Waals surface area contributed by atoms with Gasteiger partial charge in [-0.1, -0.05) is 39.3 Å². The van der Waals surface area contributed by atoms with E-state index >= 15 is 0 Å². The van der Waals surface area contributed by atoms with E-state index in [1.807, 2.05) is 68.4 Å². The molecule has 28 heavy (non-hydrogen) atoms. The second-order valence-electron chi connectivity index (χ2n) is 8.16. The second-order valence-corrected chi connectivity index (χ2v) is 8.55. The molecule has 2 aromatic heterocycles. The maximum absolute atomic E-state index is 11.9. The highest BCUT2D eigenvalue weighted by Gasteiger charge is 2.12. The number of aryl methyl sites for hydroxylation is 1. The van der Waals surface area contributed by atoms with Crippen molar-refractivity contribution in [1.82, 2.24) is 19.6 Å². The van der Waals surface area contributed by atoms with Crippen LogP contribution in [0.4, 0.5) is 0 Å². The summed E-state index contributed by atoms with van der Waals surface area (Å²) in [6.07, 6.45) is 0. The van der Waals surface area contributed by atoms with Crippen LogP contribution in [0.2, 0.25) is 5.15 Å². The smallest absolute Gasteiger partial charge is 0.267 e. The van der Waals surface area contributed by atoms with Crippen molar-refractivity contribution in [1.29, 1.82) is 0 Å². The van der Waals surface area contributed by atoms with E-state index in [-0.39, 0.29) is 35.0 Å². The van der Waals surface area contributed by atoms with Crippen LogP contribution >= 0.6 is 11.6 Å². The summed E-state index contributed by atoms with van der Waals surface area (Å²) < 4.78 is 2.99. The molecule has 2 aromatic rings. The molecule has 0 saturated carbocycles. The second kappa shape index (κ2) is 10.0. The van der Waals surface area contributed by atoms with E-state index in [0.29, 0.717) is 5.15 Å². The number of hydrogen-bond acceptors (Lipinski definition) is 4. The van der Waals surface area contributed by atoms with Crippen LogP contribution in [-0.4, -0.2) is 19.6 Å². The van der Waals surface area contributed by atoms with Gasteiger partial charge in [0.05, 0.1) is 17.8 Å². The summed E-state index contributed by atoms with van der Waals surface area (Å²) in [5.74, 6) is 0.433. The Labute approximate surface area is 172 Å². The Morgan fingerprint density at radius 3 is 1.54 bits per heavy atom. The van der Waals surface area contributed by atoms with Gasteiger partial charge in [-0.25, -0.2) is 9.36 Å². The van der Waals surface area contributed by atoms with Crippen LogP contribution in [0.1, 0.15) is 96.1 Å². The Balaban J connectivity index is 0.000000280. The van der Waals surface area contributed by atoms with E-state index in [1.54, 1.807) is 10.7 Å². The topological polar surface area (TPSA) is 69.8 Å². The van der Waals surface area contributed by atoms with E-state index in [2.05, 4.69) is 10.2 Å². The summed E-state index contributed by atoms with van der Waals surface area (Å²) in [4.78, 5) is 23.8. The molecule has 7 heteroatoms. The van der Waals surface area contributed by atoms with Crippen molar-refractivity contribution in [2.45, 2.75) is 86.2 Å². The summed E-state index contributed by atoms with van der Waals surface area (Å²) in [5, 5.41) is 8.58. The Morgan fingerprint density at radius 2 is 1.14 bits per heavy atom. The highest BCUT2D eigenvalue weighted by molar-refractivity contribution is 6.29. The first-order valence-corrected chi connectivity index (χ1v) is 10.1. The molecule has 0 N–H and O–H groups in total. The van der Waals surface area contributed by atoms with Gasteiger partial charge in [-0.05, 0) is 58.6 Å². The van der Waals surface area contributed by atoms with Gasteiger partial charge < -0.3 is 0 Å². The molecule has 0 aliphatic heterocycles. The lowest BCUT2D eigenvalue weighted by molar-refractivity contribution is 0.490. The first-order valence-electron chi connectivity index (χ1n) is 9.76. The van der Waals surface area contributed by atoms with Crippen molar-refractivity contribution in [3.05, 3.63) is 54.8 Å². The van der Waals surface area contributed by atoms with E-state index in [4.69, 9.17) is 11.6 Å². The molecular weight excluding hydrogens is 376 g/mol. The minimum Gasteiger partial charge on any atom is -0.267 e. The molecule has 0 saturated heterocycles. The Bertz CT molecular complexity index is 772. The standard InChI is InChI=1S/C11H18N2O.C10H15ClN2O/c1-7(2)10-6-9(5)12-13(8(3)4)11(10)14;1-6(2)8-5-9(11)12-13(7(3)4)10(8)14/h6-8H,1-5H3;5-7H,1-4H3. The molecule has 6 nitrogen and oxygen atoms in total. The van der Waals surface area contributed by atoms with Crippen LogP contribution in [0.25, 0.3) is 0 Å². The molecule has 0 atom stereocenters. The van der Waals surface area contributed by atoms with Crippen LogP contribution in [0.3, 0.4) is 0 Å². The van der Waals surface area contributed by atoms with Crippen molar-refractivity contribution in [2.75, 3.05) is 0 Å². The molecule has 156 valence electrons. The number of nitrogens with zero attached hydrogens (tertiary/aromatic N) is 4. The van der Waals surface area contributed by atoms with Gasteiger partial charge in [-0.3, -0.25) is 9.59 Å². The third-order valence-electron chi connectivity index (χ3n) is 4.24. The lowest BCUT2D eigenvalue weighted by Gasteiger charge is -2.13. The molecule has 2 rings (SSSR count). The van der Waals surface area contributed by atoms with Crippen molar-refractivity contribution in [2.24, 2.45) is 0 Å². The van der Waals surface area contributed by atoms with Crippen molar-refractivity contribution < 1.29 is 0 Å². The molecule has 0 unspecified atom stereocenters. The third kappa shape index (κ3) is 6.03. The predicted molar refractivity (Wildman–Crippen MR) is 116 cm³/mol. The highest BCUT2D eigenvalue weighted by atomic mass is 35.5. The molecule has 0 radical (unpaired) electrons. The Hall–Kier alpha value is -1.95. The molecule has 0 bridgehead atoms. The summed E-state index contributed by atoms with van der Waals surface area (Å²) in [7, 11) is 0. The monoisotopic (exact) mass is 408 g/mol. The average Bonchev–Trinajstić information content (AvgIpc) is 2.58. The average molecular weight is 409 g/mol. The van der Waals surface area contributed by atoms with Gasteiger partial charge in [0.1, 0.15) is 5.15 Å². The van der Waals surface area contributed by atoms with Crippen molar-refractivity contribution in [3.8, 4) is 0 Å². The summed E-state index contributed by atoms with van der Waals surface area (Å²) in [6.45, 7) is 17.7. The van der Waals surface area contributed by atoms with Gasteiger partial charge in [0.25, 0.3) is 11.1 Å². The van der Waals surface area contributed by atoms with E-state index in [0.717, 1.165) is 16.8 Å². The molecule has 0 spiro atoms. The van der Waals surface area contributed by atoms with Gasteiger partial charge in [0.15, 0.2) is 0 Å². The fourth-order valence-corrected chi connectivity index (χ4v) is 2.89. The molecule has 0 aromatic carbocycles. The zero-order valence-corrected chi connectivity index (χ0v) is 19.2. The minimum atomic E-state index is -0.0422. The lowest BCUT2D eigenvalue weighted by Crippen LogP contribution is -2.28. The lowest BCUT2D eigenvalue weighted by atomic mass is 10.1. The number of rotatable bonds is 4. The molecule has 0 aliphatic carbocycles.